The largest absolute Gasteiger partial charge is 0.477 e. The van der Waals surface area contributed by atoms with Crippen LogP contribution in [0.5, 0.6) is 5.88 Å². The lowest BCUT2D eigenvalue weighted by molar-refractivity contribution is -0.748. The van der Waals surface area contributed by atoms with Gasteiger partial charge in [0.15, 0.2) is 16.1 Å². The Kier molecular flexibility index (Phi) is 4.31. The zero-order valence-electron chi connectivity index (χ0n) is 13.3. The van der Waals surface area contributed by atoms with Gasteiger partial charge in [0.1, 0.15) is 0 Å². The third-order valence-electron chi connectivity index (χ3n) is 4.23. The Hall–Kier alpha value is -1.83. The van der Waals surface area contributed by atoms with Gasteiger partial charge in [0.2, 0.25) is 0 Å². The summed E-state index contributed by atoms with van der Waals surface area (Å²) in [6, 6.07) is 9.19. The second-order valence-corrected chi connectivity index (χ2v) is 8.24. The minimum absolute atomic E-state index is 0.00424. The number of nitrogens with zero attached hydrogens (tertiary/aromatic N) is 3. The topological polar surface area (TPSA) is 59.0 Å². The summed E-state index contributed by atoms with van der Waals surface area (Å²) in [5.74, 6) is 0.722. The Bertz CT molecular complexity index is 1000. The molecule has 3 aromatic rings. The van der Waals surface area contributed by atoms with Crippen LogP contribution < -0.4 is 10.1 Å². The van der Waals surface area contributed by atoms with Crippen molar-refractivity contribution in [2.24, 2.45) is 0 Å². The van der Waals surface area contributed by atoms with E-state index in [1.54, 1.807) is 22.5 Å². The number of thioether (sulfide) groups is 1. The molecule has 0 fully saturated rings. The second-order valence-electron chi connectivity index (χ2n) is 5.61. The van der Waals surface area contributed by atoms with E-state index in [-0.39, 0.29) is 17.5 Å². The molecule has 0 bridgehead atoms. The summed E-state index contributed by atoms with van der Waals surface area (Å²) in [6.45, 7) is 2.48. The summed E-state index contributed by atoms with van der Waals surface area (Å²) in [4.78, 5) is 18.1. The van der Waals surface area contributed by atoms with E-state index in [0.29, 0.717) is 22.1 Å². The van der Waals surface area contributed by atoms with Gasteiger partial charge in [0, 0.05) is 6.20 Å². The highest BCUT2D eigenvalue weighted by molar-refractivity contribution is 7.99. The van der Waals surface area contributed by atoms with Crippen LogP contribution >= 0.6 is 34.7 Å². The molecule has 0 spiro atoms. The fraction of sp³-hybridized carbons (Fsp3) is 0.235. The smallest absolute Gasteiger partial charge is 0.350 e. The van der Waals surface area contributed by atoms with Crippen LogP contribution in [0.4, 0.5) is 0 Å². The van der Waals surface area contributed by atoms with Crippen molar-refractivity contribution in [1.29, 1.82) is 0 Å². The molecule has 1 aromatic carbocycles. The molecule has 128 valence electrons. The van der Waals surface area contributed by atoms with Crippen molar-refractivity contribution < 1.29 is 9.67 Å². The van der Waals surface area contributed by atoms with E-state index in [9.17, 15) is 9.90 Å². The van der Waals surface area contributed by atoms with Crippen LogP contribution in [0.15, 0.2) is 46.5 Å². The molecule has 1 aliphatic rings. The molecule has 0 saturated carbocycles. The van der Waals surface area contributed by atoms with Gasteiger partial charge in [-0.15, -0.1) is 11.3 Å². The highest BCUT2D eigenvalue weighted by Crippen LogP contribution is 2.37. The lowest BCUT2D eigenvalue weighted by atomic mass is 10.1. The first-order valence-electron chi connectivity index (χ1n) is 7.82. The van der Waals surface area contributed by atoms with Crippen molar-refractivity contribution in [1.82, 2.24) is 9.55 Å². The number of hydrogen-bond donors (Lipinski definition) is 1. The van der Waals surface area contributed by atoms with Gasteiger partial charge in [-0.25, -0.2) is 9.78 Å². The summed E-state index contributed by atoms with van der Waals surface area (Å²) < 4.78 is 4.03. The molecule has 1 atom stereocenters. The number of benzene rings is 1. The van der Waals surface area contributed by atoms with E-state index >= 15 is 0 Å². The average Bonchev–Trinajstić information content (AvgIpc) is 3.23. The predicted molar refractivity (Wildman–Crippen MR) is 99.7 cm³/mol. The molecular weight excluding hydrogens is 378 g/mol. The highest BCUT2D eigenvalue weighted by Gasteiger charge is 2.40. The Morgan fingerprint density at radius 3 is 2.80 bits per heavy atom. The van der Waals surface area contributed by atoms with Crippen molar-refractivity contribution in [2.75, 3.05) is 5.75 Å². The van der Waals surface area contributed by atoms with Gasteiger partial charge in [0.05, 0.1) is 17.2 Å². The van der Waals surface area contributed by atoms with Gasteiger partial charge < -0.3 is 5.11 Å². The molecule has 8 heteroatoms. The number of rotatable bonds is 3. The third-order valence-corrected chi connectivity index (χ3v) is 6.61. The Balaban J connectivity index is 1.99. The quantitative estimate of drug-likeness (QED) is 0.548. The molecule has 0 radical (unpaired) electrons. The molecule has 2 aromatic heterocycles. The third kappa shape index (κ3) is 2.67. The molecule has 25 heavy (non-hydrogen) atoms. The van der Waals surface area contributed by atoms with Gasteiger partial charge >= 0.3 is 10.7 Å². The van der Waals surface area contributed by atoms with Crippen LogP contribution in [0.2, 0.25) is 4.47 Å². The predicted octanol–water partition coefficient (Wildman–Crippen LogP) is 3.33. The fourth-order valence-corrected chi connectivity index (χ4v) is 5.59. The van der Waals surface area contributed by atoms with E-state index in [4.69, 9.17) is 11.6 Å². The highest BCUT2D eigenvalue weighted by atomic mass is 35.5. The van der Waals surface area contributed by atoms with Crippen LogP contribution in [0.3, 0.4) is 0 Å². The van der Waals surface area contributed by atoms with E-state index in [2.05, 4.69) is 4.98 Å². The lowest BCUT2D eigenvalue weighted by Gasteiger charge is -2.12. The Morgan fingerprint density at radius 1 is 1.40 bits per heavy atom. The van der Waals surface area contributed by atoms with Crippen LogP contribution in [-0.4, -0.2) is 20.4 Å². The molecule has 4 rings (SSSR count). The van der Waals surface area contributed by atoms with Crippen molar-refractivity contribution >= 4 is 34.7 Å². The maximum absolute atomic E-state index is 13.0. The van der Waals surface area contributed by atoms with E-state index in [0.717, 1.165) is 15.8 Å². The number of thiazole rings is 1. The SMILES string of the molecule is CCn1c2[n+](c(O)c(-c3ccccc3)c1=O)[C@H](c1cnc(Cl)s1)CS2. The molecule has 0 aliphatic carbocycles. The van der Waals surface area contributed by atoms with Crippen molar-refractivity contribution in [3.05, 3.63) is 56.2 Å². The lowest BCUT2D eigenvalue weighted by Crippen LogP contribution is -2.45. The summed E-state index contributed by atoms with van der Waals surface area (Å²) in [7, 11) is 0. The van der Waals surface area contributed by atoms with E-state index in [1.165, 1.54) is 11.3 Å². The zero-order chi connectivity index (χ0) is 17.6. The van der Waals surface area contributed by atoms with Gasteiger partial charge in [-0.05, 0) is 24.2 Å². The standard InChI is InChI=1S/C17H14ClN3O2S2/c1-2-20-14(22)13(10-6-4-3-5-7-10)15(23)21-11(9-24-17(20)21)12-8-19-16(18)25-12/h3-8,11H,2,9H2,1H3/p+1/t11-/m0/s1. The maximum atomic E-state index is 13.0. The Morgan fingerprint density at radius 2 is 2.16 bits per heavy atom. The molecule has 0 unspecified atom stereocenters. The number of hydrogen-bond acceptors (Lipinski definition) is 5. The minimum Gasteiger partial charge on any atom is -0.477 e. The molecule has 5 nitrogen and oxygen atoms in total. The maximum Gasteiger partial charge on any atom is 0.350 e. The number of aromatic hydroxyl groups is 1. The molecule has 0 amide bonds. The first-order chi connectivity index (χ1) is 12.1. The number of halogens is 1. The zero-order valence-corrected chi connectivity index (χ0v) is 15.7. The summed E-state index contributed by atoms with van der Waals surface area (Å²) in [5.41, 5.74) is 0.864. The number of fused-ring (bicyclic) bond motifs is 1. The summed E-state index contributed by atoms with van der Waals surface area (Å²) in [6.07, 6.45) is 1.74. The molecule has 1 aliphatic heterocycles. The van der Waals surface area contributed by atoms with Crippen LogP contribution in [0, 0.1) is 0 Å². The average molecular weight is 393 g/mol. The van der Waals surface area contributed by atoms with Crippen LogP contribution in [0.25, 0.3) is 11.1 Å². The summed E-state index contributed by atoms with van der Waals surface area (Å²) in [5, 5.41) is 11.8. The van der Waals surface area contributed by atoms with Crippen molar-refractivity contribution in [3.63, 3.8) is 0 Å². The first-order valence-corrected chi connectivity index (χ1v) is 10.0. The van der Waals surface area contributed by atoms with Gasteiger partial charge in [0.25, 0.3) is 5.88 Å². The first kappa shape index (κ1) is 16.6. The van der Waals surface area contributed by atoms with Crippen LogP contribution in [-0.2, 0) is 6.54 Å². The van der Waals surface area contributed by atoms with Gasteiger partial charge in [-0.2, -0.15) is 9.13 Å². The van der Waals surface area contributed by atoms with Crippen molar-refractivity contribution in [2.45, 2.75) is 24.7 Å². The van der Waals surface area contributed by atoms with Gasteiger partial charge in [-0.3, -0.25) is 0 Å². The minimum atomic E-state index is -0.173. The number of aromatic nitrogens is 3. The normalized spacial score (nSPS) is 16.2. The Labute approximate surface area is 157 Å². The van der Waals surface area contributed by atoms with Gasteiger partial charge in [-0.1, -0.05) is 41.9 Å². The second kappa shape index (κ2) is 6.48. The van der Waals surface area contributed by atoms with Crippen LogP contribution in [0.1, 0.15) is 17.8 Å². The molecule has 3 heterocycles. The molecular formula is C17H15ClN3O2S2+. The van der Waals surface area contributed by atoms with Crippen molar-refractivity contribution in [3.8, 4) is 17.0 Å². The molecule has 0 saturated heterocycles. The van der Waals surface area contributed by atoms with E-state index < -0.39 is 0 Å². The monoisotopic (exact) mass is 392 g/mol. The molecule has 1 N–H and O–H groups in total. The fourth-order valence-electron chi connectivity index (χ4n) is 3.08. The summed E-state index contributed by atoms with van der Waals surface area (Å²) >= 11 is 8.95. The van der Waals surface area contributed by atoms with E-state index in [1.807, 2.05) is 41.8 Å².